The van der Waals surface area contributed by atoms with Gasteiger partial charge in [-0.1, -0.05) is 233 Å². The highest BCUT2D eigenvalue weighted by molar-refractivity contribution is 7.13. The van der Waals surface area contributed by atoms with Crippen LogP contribution < -0.4 is 0 Å². The Morgan fingerprint density at radius 3 is 1.15 bits per heavy atom. The standard InChI is InChI=1S/C52H92S2/c1-7-11-15-19-23-25-29-33-36-47(35-31-27-21-17-13-9-3)42-49-44-51(54-46(49)6)39-40-52-50(41-45(5)53-52)43-48(37-32-28-22-18-14-10-4)38-34-30-26-24-20-16-12-8-2/h39-41,44,47-48H,7-38,42-43H2,1-6H3/b40-39+. The van der Waals surface area contributed by atoms with E-state index < -0.39 is 0 Å². The molecule has 2 rings (SSSR count). The lowest BCUT2D eigenvalue weighted by Crippen LogP contribution is -2.06. The van der Waals surface area contributed by atoms with E-state index in [1.54, 1.807) is 16.0 Å². The second kappa shape index (κ2) is 34.2. The minimum Gasteiger partial charge on any atom is -0.141 e. The van der Waals surface area contributed by atoms with Crippen molar-refractivity contribution in [2.24, 2.45) is 11.8 Å². The molecule has 0 nitrogen and oxygen atoms in total. The molecule has 0 N–H and O–H groups in total. The van der Waals surface area contributed by atoms with Crippen molar-refractivity contribution in [3.8, 4) is 0 Å². The van der Waals surface area contributed by atoms with Crippen LogP contribution in [0.15, 0.2) is 12.1 Å². The fraction of sp³-hybridized carbons (Fsp3) is 0.808. The van der Waals surface area contributed by atoms with Gasteiger partial charge in [0.1, 0.15) is 0 Å². The Labute approximate surface area is 347 Å². The number of unbranched alkanes of at least 4 members (excludes halogenated alkanes) is 24. The number of thiophene rings is 2. The second-order valence-corrected chi connectivity index (χ2v) is 20.2. The van der Waals surface area contributed by atoms with Crippen LogP contribution in [0.25, 0.3) is 12.2 Å². The van der Waals surface area contributed by atoms with Crippen LogP contribution in [0.3, 0.4) is 0 Å². The summed E-state index contributed by atoms with van der Waals surface area (Å²) in [5, 5.41) is 0. The summed E-state index contributed by atoms with van der Waals surface area (Å²) in [4.78, 5) is 6.04. The minimum absolute atomic E-state index is 0.845. The van der Waals surface area contributed by atoms with Gasteiger partial charge in [0.05, 0.1) is 0 Å². The van der Waals surface area contributed by atoms with Gasteiger partial charge in [-0.25, -0.2) is 0 Å². The zero-order valence-electron chi connectivity index (χ0n) is 37.3. The molecule has 2 unspecified atom stereocenters. The summed E-state index contributed by atoms with van der Waals surface area (Å²) in [6, 6.07) is 5.11. The van der Waals surface area contributed by atoms with Crippen LogP contribution in [0.2, 0.25) is 0 Å². The topological polar surface area (TPSA) is 0 Å². The lowest BCUT2D eigenvalue weighted by atomic mass is 9.88. The zero-order chi connectivity index (χ0) is 38.9. The monoisotopic (exact) mass is 781 g/mol. The number of rotatable bonds is 38. The van der Waals surface area contributed by atoms with Gasteiger partial charge in [0.15, 0.2) is 0 Å². The average Bonchev–Trinajstić information content (AvgIpc) is 3.71. The number of hydrogen-bond donors (Lipinski definition) is 0. The largest absolute Gasteiger partial charge is 0.141 e. The van der Waals surface area contributed by atoms with Crippen molar-refractivity contribution >= 4 is 34.8 Å². The van der Waals surface area contributed by atoms with Crippen LogP contribution in [0.5, 0.6) is 0 Å². The maximum absolute atomic E-state index is 2.57. The number of aryl methyl sites for hydroxylation is 2. The molecule has 0 aliphatic rings. The van der Waals surface area contributed by atoms with E-state index in [9.17, 15) is 0 Å². The third kappa shape index (κ3) is 24.7. The Bertz CT molecular complexity index is 1130. The predicted molar refractivity (Wildman–Crippen MR) is 252 cm³/mol. The van der Waals surface area contributed by atoms with Crippen molar-refractivity contribution < 1.29 is 0 Å². The van der Waals surface area contributed by atoms with Crippen LogP contribution in [-0.4, -0.2) is 0 Å². The quantitative estimate of drug-likeness (QED) is 0.0596. The Hall–Kier alpha value is -0.860. The van der Waals surface area contributed by atoms with Gasteiger partial charge < -0.3 is 0 Å². The highest BCUT2D eigenvalue weighted by atomic mass is 32.1. The lowest BCUT2D eigenvalue weighted by Gasteiger charge is -2.17. The third-order valence-corrected chi connectivity index (χ3v) is 14.4. The third-order valence-electron chi connectivity index (χ3n) is 12.3. The Balaban J connectivity index is 2.01. The molecular weight excluding hydrogens is 689 g/mol. The van der Waals surface area contributed by atoms with Crippen molar-refractivity contribution in [1.29, 1.82) is 0 Å². The highest BCUT2D eigenvalue weighted by Gasteiger charge is 2.16. The molecule has 312 valence electrons. The summed E-state index contributed by atoms with van der Waals surface area (Å²) in [6.45, 7) is 14.0. The molecule has 0 aromatic carbocycles. The second-order valence-electron chi connectivity index (χ2n) is 17.6. The van der Waals surface area contributed by atoms with Crippen molar-refractivity contribution in [3.63, 3.8) is 0 Å². The molecule has 0 saturated heterocycles. The van der Waals surface area contributed by atoms with E-state index in [0.29, 0.717) is 0 Å². The average molecular weight is 781 g/mol. The molecule has 0 saturated carbocycles. The molecule has 0 aliphatic carbocycles. The fourth-order valence-electron chi connectivity index (χ4n) is 8.75. The lowest BCUT2D eigenvalue weighted by molar-refractivity contribution is 0.400. The SMILES string of the molecule is CCCCCCCCCCC(CCCCCCCC)Cc1cc(/C=C/c2sc(C)cc2CC(CCCCCCCC)CCCCCCCCCC)sc1C. The molecule has 0 amide bonds. The zero-order valence-corrected chi connectivity index (χ0v) is 39.0. The summed E-state index contributed by atoms with van der Waals surface area (Å²) in [5.41, 5.74) is 3.27. The van der Waals surface area contributed by atoms with Gasteiger partial charge in [-0.15, -0.1) is 22.7 Å². The Kier molecular flexibility index (Phi) is 31.2. The van der Waals surface area contributed by atoms with Crippen LogP contribution >= 0.6 is 22.7 Å². The van der Waals surface area contributed by atoms with Crippen molar-refractivity contribution in [1.82, 2.24) is 0 Å². The fourth-order valence-corrected chi connectivity index (χ4v) is 10.7. The molecule has 2 aromatic heterocycles. The molecule has 2 heterocycles. The molecule has 0 spiro atoms. The summed E-state index contributed by atoms with van der Waals surface area (Å²) in [5.74, 6) is 1.70. The normalized spacial score (nSPS) is 13.1. The maximum atomic E-state index is 2.57. The Morgan fingerprint density at radius 2 is 0.759 bits per heavy atom. The van der Waals surface area contributed by atoms with Gasteiger partial charge in [0, 0.05) is 19.5 Å². The van der Waals surface area contributed by atoms with Gasteiger partial charge in [-0.2, -0.15) is 0 Å². The van der Waals surface area contributed by atoms with Crippen molar-refractivity contribution in [2.75, 3.05) is 0 Å². The summed E-state index contributed by atoms with van der Waals surface area (Å²) < 4.78 is 0. The smallest absolute Gasteiger partial charge is 0.0305 e. The van der Waals surface area contributed by atoms with Gasteiger partial charge in [0.2, 0.25) is 0 Å². The Morgan fingerprint density at radius 1 is 0.407 bits per heavy atom. The summed E-state index contributed by atoms with van der Waals surface area (Å²) in [6.07, 6.45) is 53.1. The van der Waals surface area contributed by atoms with Gasteiger partial charge >= 0.3 is 0 Å². The number of hydrogen-bond acceptors (Lipinski definition) is 2. The van der Waals surface area contributed by atoms with Gasteiger partial charge in [-0.05, 0) is 73.9 Å². The molecule has 2 aromatic rings. The molecular formula is C52H92S2. The van der Waals surface area contributed by atoms with E-state index in [4.69, 9.17) is 0 Å². The van der Waals surface area contributed by atoms with Crippen LogP contribution in [-0.2, 0) is 12.8 Å². The van der Waals surface area contributed by atoms with E-state index in [0.717, 1.165) is 11.8 Å². The first-order valence-electron chi connectivity index (χ1n) is 24.4. The molecule has 0 fully saturated rings. The molecule has 2 atom stereocenters. The van der Waals surface area contributed by atoms with Crippen LogP contribution in [0, 0.1) is 25.7 Å². The summed E-state index contributed by atoms with van der Waals surface area (Å²) >= 11 is 4.07. The minimum atomic E-state index is 0.845. The van der Waals surface area contributed by atoms with Crippen LogP contribution in [0.1, 0.15) is 264 Å². The predicted octanol–water partition coefficient (Wildman–Crippen LogP) is 19.5. The van der Waals surface area contributed by atoms with Crippen LogP contribution in [0.4, 0.5) is 0 Å². The maximum Gasteiger partial charge on any atom is 0.0305 e. The molecule has 2 heteroatoms. The van der Waals surface area contributed by atoms with Crippen molar-refractivity contribution in [2.45, 2.75) is 260 Å². The molecule has 0 bridgehead atoms. The van der Waals surface area contributed by atoms with Gasteiger partial charge in [0.25, 0.3) is 0 Å². The van der Waals surface area contributed by atoms with E-state index in [2.05, 4.69) is 65.8 Å². The first-order chi connectivity index (χ1) is 26.5. The first-order valence-corrected chi connectivity index (χ1v) is 26.0. The van der Waals surface area contributed by atoms with Crippen molar-refractivity contribution in [3.05, 3.63) is 42.8 Å². The molecule has 0 radical (unpaired) electrons. The van der Waals surface area contributed by atoms with Gasteiger partial charge in [-0.3, -0.25) is 0 Å². The van der Waals surface area contributed by atoms with E-state index >= 15 is 0 Å². The molecule has 54 heavy (non-hydrogen) atoms. The van der Waals surface area contributed by atoms with E-state index in [1.807, 2.05) is 22.7 Å². The van der Waals surface area contributed by atoms with E-state index in [1.165, 1.54) is 233 Å². The van der Waals surface area contributed by atoms with E-state index in [-0.39, 0.29) is 0 Å². The highest BCUT2D eigenvalue weighted by Crippen LogP contribution is 2.33. The first kappa shape index (κ1) is 49.3. The summed E-state index contributed by atoms with van der Waals surface area (Å²) in [7, 11) is 0. The molecule has 0 aliphatic heterocycles.